The van der Waals surface area contributed by atoms with Gasteiger partial charge >= 0.3 is 5.97 Å². The minimum atomic E-state index is -0.689. The molecule has 0 aromatic heterocycles. The minimum Gasteiger partial charge on any atom is -0.481 e. The zero-order valence-electron chi connectivity index (χ0n) is 13.3. The van der Waals surface area contributed by atoms with Gasteiger partial charge < -0.3 is 10.4 Å². The molecular weight excluding hydrogens is 320 g/mol. The van der Waals surface area contributed by atoms with Gasteiger partial charge in [-0.15, -0.1) is 0 Å². The molecule has 0 fully saturated rings. The third kappa shape index (κ3) is 6.19. The molecule has 1 rings (SSSR count). The van der Waals surface area contributed by atoms with Gasteiger partial charge in [0.1, 0.15) is 7.85 Å². The number of rotatable bonds is 10. The second kappa shape index (κ2) is 9.44. The van der Waals surface area contributed by atoms with Crippen molar-refractivity contribution in [3.8, 4) is 0 Å². The van der Waals surface area contributed by atoms with Crippen molar-refractivity contribution < 1.29 is 9.90 Å². The molecule has 3 nitrogen and oxygen atoms in total. The normalized spacial score (nSPS) is 13.8. The first kappa shape index (κ1) is 19.3. The van der Waals surface area contributed by atoms with Crippen LogP contribution in [0.15, 0.2) is 18.2 Å². The Balaban J connectivity index is 2.34. The molecule has 1 aromatic carbocycles. The summed E-state index contributed by atoms with van der Waals surface area (Å²) in [7, 11) is 1.85. The molecule has 1 unspecified atom stereocenters. The molecule has 0 saturated heterocycles. The van der Waals surface area contributed by atoms with Gasteiger partial charge in [-0.1, -0.05) is 49.0 Å². The van der Waals surface area contributed by atoms with E-state index in [0.29, 0.717) is 23.0 Å². The van der Waals surface area contributed by atoms with Crippen LogP contribution in [-0.2, 0) is 11.3 Å². The van der Waals surface area contributed by atoms with Crippen LogP contribution in [0, 0.1) is 0 Å². The van der Waals surface area contributed by atoms with Gasteiger partial charge in [0.05, 0.1) is 10.0 Å². The van der Waals surface area contributed by atoms with Gasteiger partial charge in [0.15, 0.2) is 0 Å². The number of carboxylic acid groups (broad SMARTS) is 1. The molecular formula is C16H24BCl2NO2. The van der Waals surface area contributed by atoms with Crippen LogP contribution in [-0.4, -0.2) is 25.5 Å². The largest absolute Gasteiger partial charge is 0.481 e. The second-order valence-corrected chi connectivity index (χ2v) is 6.81. The minimum absolute atomic E-state index is 0.554. The standard InChI is InChI=1S/C16H24BCl2NO2/c1-2-3-7-16(17,15(21)22)8-4-9-20-11-12-5-6-13(18)14(19)10-12/h5-6,10,20H,2-4,7-9,11,17H2,1H3,(H,21,22). The van der Waals surface area contributed by atoms with E-state index in [1.165, 1.54) is 0 Å². The van der Waals surface area contributed by atoms with Crippen LogP contribution in [0.25, 0.3) is 0 Å². The zero-order chi connectivity index (χ0) is 16.6. The maximum absolute atomic E-state index is 11.4. The maximum atomic E-state index is 11.4. The first-order valence-corrected chi connectivity index (χ1v) is 8.52. The average Bonchev–Trinajstić information content (AvgIpc) is 2.48. The summed E-state index contributed by atoms with van der Waals surface area (Å²) in [6.45, 7) is 3.58. The van der Waals surface area contributed by atoms with Crippen molar-refractivity contribution in [2.45, 2.75) is 50.9 Å². The van der Waals surface area contributed by atoms with Gasteiger partial charge in [-0.2, -0.15) is 0 Å². The number of aliphatic carboxylic acids is 1. The van der Waals surface area contributed by atoms with Crippen molar-refractivity contribution in [1.82, 2.24) is 5.32 Å². The lowest BCUT2D eigenvalue weighted by Crippen LogP contribution is -2.26. The van der Waals surface area contributed by atoms with E-state index < -0.39 is 11.3 Å². The maximum Gasteiger partial charge on any atom is 0.301 e. The van der Waals surface area contributed by atoms with Crippen LogP contribution in [0.1, 0.15) is 44.6 Å². The number of hydrogen-bond acceptors (Lipinski definition) is 2. The van der Waals surface area contributed by atoms with Gasteiger partial charge in [-0.05, 0) is 43.5 Å². The van der Waals surface area contributed by atoms with Crippen molar-refractivity contribution in [2.75, 3.05) is 6.54 Å². The van der Waals surface area contributed by atoms with Gasteiger partial charge in [0.2, 0.25) is 0 Å². The lowest BCUT2D eigenvalue weighted by atomic mass is 9.63. The summed E-state index contributed by atoms with van der Waals surface area (Å²) in [5.74, 6) is -0.689. The van der Waals surface area contributed by atoms with Crippen LogP contribution >= 0.6 is 23.2 Å². The van der Waals surface area contributed by atoms with Gasteiger partial charge in [-0.25, -0.2) is 0 Å². The average molecular weight is 344 g/mol. The van der Waals surface area contributed by atoms with Gasteiger partial charge in [-0.3, -0.25) is 4.79 Å². The molecule has 0 aliphatic carbocycles. The number of benzene rings is 1. The highest BCUT2D eigenvalue weighted by atomic mass is 35.5. The van der Waals surface area contributed by atoms with E-state index in [9.17, 15) is 9.90 Å². The van der Waals surface area contributed by atoms with E-state index in [0.717, 1.165) is 37.8 Å². The Morgan fingerprint density at radius 3 is 2.55 bits per heavy atom. The fourth-order valence-corrected chi connectivity index (χ4v) is 2.71. The Bertz CT molecular complexity index is 499. The molecule has 1 aromatic rings. The molecule has 0 aliphatic rings. The highest BCUT2D eigenvalue weighted by Crippen LogP contribution is 2.34. The topological polar surface area (TPSA) is 49.3 Å². The molecule has 22 heavy (non-hydrogen) atoms. The first-order valence-electron chi connectivity index (χ1n) is 7.77. The fraction of sp³-hybridized carbons (Fsp3) is 0.562. The fourth-order valence-electron chi connectivity index (χ4n) is 2.39. The number of unbranched alkanes of at least 4 members (excludes halogenated alkanes) is 1. The monoisotopic (exact) mass is 343 g/mol. The van der Waals surface area contributed by atoms with Crippen molar-refractivity contribution >= 4 is 37.0 Å². The third-order valence-electron chi connectivity index (χ3n) is 3.99. The lowest BCUT2D eigenvalue weighted by Gasteiger charge is -2.24. The molecule has 0 radical (unpaired) electrons. The summed E-state index contributed by atoms with van der Waals surface area (Å²) in [6.07, 6.45) is 4.26. The van der Waals surface area contributed by atoms with Crippen LogP contribution in [0.4, 0.5) is 0 Å². The summed E-state index contributed by atoms with van der Waals surface area (Å²) in [5.41, 5.74) is 1.07. The molecule has 0 spiro atoms. The Morgan fingerprint density at radius 1 is 1.27 bits per heavy atom. The number of nitrogens with one attached hydrogen (secondary N) is 1. The van der Waals surface area contributed by atoms with Crippen LogP contribution in [0.5, 0.6) is 0 Å². The Kier molecular flexibility index (Phi) is 8.30. The molecule has 2 N–H and O–H groups in total. The molecule has 1 atom stereocenters. The van der Waals surface area contributed by atoms with E-state index in [1.54, 1.807) is 6.07 Å². The van der Waals surface area contributed by atoms with E-state index in [2.05, 4.69) is 12.2 Å². The van der Waals surface area contributed by atoms with E-state index in [1.807, 2.05) is 20.0 Å². The number of hydrogen-bond donors (Lipinski definition) is 2. The Hall–Kier alpha value is -0.705. The molecule has 0 aliphatic heterocycles. The molecule has 0 saturated carbocycles. The molecule has 6 heteroatoms. The predicted molar refractivity (Wildman–Crippen MR) is 95.8 cm³/mol. The van der Waals surface area contributed by atoms with Gasteiger partial charge in [0, 0.05) is 11.9 Å². The summed E-state index contributed by atoms with van der Waals surface area (Å²) in [4.78, 5) is 11.4. The molecule has 0 bridgehead atoms. The van der Waals surface area contributed by atoms with Crippen molar-refractivity contribution in [3.63, 3.8) is 0 Å². The predicted octanol–water partition coefficient (Wildman–Crippen LogP) is 3.93. The van der Waals surface area contributed by atoms with Crippen molar-refractivity contribution in [2.24, 2.45) is 0 Å². The van der Waals surface area contributed by atoms with Crippen LogP contribution in [0.2, 0.25) is 15.4 Å². The SMILES string of the molecule is BC(CCCC)(CCCNCc1ccc(Cl)c(Cl)c1)C(=O)O. The molecule has 0 heterocycles. The van der Waals surface area contributed by atoms with E-state index in [4.69, 9.17) is 23.2 Å². The number of carboxylic acids is 1. The van der Waals surface area contributed by atoms with E-state index in [-0.39, 0.29) is 0 Å². The third-order valence-corrected chi connectivity index (χ3v) is 4.73. The first-order chi connectivity index (χ1) is 10.4. The molecule has 122 valence electrons. The summed E-state index contributed by atoms with van der Waals surface area (Å²) in [6, 6.07) is 5.57. The highest BCUT2D eigenvalue weighted by Gasteiger charge is 2.31. The summed E-state index contributed by atoms with van der Waals surface area (Å²) < 4.78 is 0. The van der Waals surface area contributed by atoms with Crippen LogP contribution < -0.4 is 5.32 Å². The number of halogens is 2. The van der Waals surface area contributed by atoms with Gasteiger partial charge in [0.25, 0.3) is 0 Å². The summed E-state index contributed by atoms with van der Waals surface area (Å²) >= 11 is 11.9. The molecule has 0 amide bonds. The quantitative estimate of drug-likeness (QED) is 0.500. The lowest BCUT2D eigenvalue weighted by molar-refractivity contribution is -0.141. The second-order valence-electron chi connectivity index (χ2n) is 6.00. The zero-order valence-corrected chi connectivity index (χ0v) is 14.8. The summed E-state index contributed by atoms with van der Waals surface area (Å²) in [5, 5.41) is 13.2. The Labute approximate surface area is 143 Å². The van der Waals surface area contributed by atoms with Crippen molar-refractivity contribution in [3.05, 3.63) is 33.8 Å². The van der Waals surface area contributed by atoms with Crippen molar-refractivity contribution in [1.29, 1.82) is 0 Å². The smallest absolute Gasteiger partial charge is 0.301 e. The number of carbonyl (C=O) groups is 1. The Morgan fingerprint density at radius 2 is 1.95 bits per heavy atom. The van der Waals surface area contributed by atoms with Crippen LogP contribution in [0.3, 0.4) is 0 Å². The highest BCUT2D eigenvalue weighted by molar-refractivity contribution is 6.42. The van der Waals surface area contributed by atoms with E-state index >= 15 is 0 Å².